The SMILES string of the molecule is O=NC(=O)c1cccc(F)c1CBr. The predicted molar refractivity (Wildman–Crippen MR) is 49.2 cm³/mol. The van der Waals surface area contributed by atoms with E-state index in [1.807, 2.05) is 0 Å². The highest BCUT2D eigenvalue weighted by Gasteiger charge is 2.13. The Morgan fingerprint density at radius 3 is 2.77 bits per heavy atom. The first-order chi connectivity index (χ1) is 6.20. The molecule has 0 unspecified atom stereocenters. The van der Waals surface area contributed by atoms with Crippen LogP contribution in [0.4, 0.5) is 4.39 Å². The molecule has 0 atom stereocenters. The van der Waals surface area contributed by atoms with Gasteiger partial charge >= 0.3 is 5.91 Å². The van der Waals surface area contributed by atoms with Crippen LogP contribution in [0.15, 0.2) is 23.4 Å². The molecule has 68 valence electrons. The van der Waals surface area contributed by atoms with Crippen LogP contribution in [-0.2, 0) is 5.33 Å². The molecule has 5 heteroatoms. The zero-order valence-corrected chi connectivity index (χ0v) is 8.04. The van der Waals surface area contributed by atoms with Crippen molar-refractivity contribution in [2.75, 3.05) is 0 Å². The Labute approximate surface area is 82.1 Å². The van der Waals surface area contributed by atoms with Gasteiger partial charge in [-0.05, 0) is 12.1 Å². The van der Waals surface area contributed by atoms with Gasteiger partial charge in [-0.2, -0.15) is 0 Å². The zero-order valence-electron chi connectivity index (χ0n) is 6.46. The summed E-state index contributed by atoms with van der Waals surface area (Å²) in [6.45, 7) is 0. The first kappa shape index (κ1) is 9.98. The van der Waals surface area contributed by atoms with Gasteiger partial charge in [0.1, 0.15) is 5.82 Å². The second-order valence-electron chi connectivity index (χ2n) is 2.30. The Morgan fingerprint density at radius 1 is 1.54 bits per heavy atom. The summed E-state index contributed by atoms with van der Waals surface area (Å²) in [7, 11) is 0. The molecule has 0 fully saturated rings. The second kappa shape index (κ2) is 4.23. The number of nitrogens with zero attached hydrogens (tertiary/aromatic N) is 1. The number of amides is 1. The molecule has 0 saturated carbocycles. The number of benzene rings is 1. The summed E-state index contributed by atoms with van der Waals surface area (Å²) in [5.41, 5.74) is 0.166. The monoisotopic (exact) mass is 245 g/mol. The topological polar surface area (TPSA) is 46.5 Å². The van der Waals surface area contributed by atoms with Gasteiger partial charge in [0.25, 0.3) is 0 Å². The van der Waals surface area contributed by atoms with Gasteiger partial charge in [0, 0.05) is 16.1 Å². The standard InChI is InChI=1S/C8H5BrFNO2/c9-4-6-5(8(12)11-13)2-1-3-7(6)10/h1-3H,4H2. The third-order valence-corrected chi connectivity index (χ3v) is 2.13. The smallest absolute Gasteiger partial charge is 0.263 e. The number of nitroso groups, excluding NO2 is 1. The van der Waals surface area contributed by atoms with Crippen molar-refractivity contribution in [2.24, 2.45) is 5.18 Å². The fourth-order valence-electron chi connectivity index (χ4n) is 0.944. The summed E-state index contributed by atoms with van der Waals surface area (Å²) >= 11 is 3.02. The van der Waals surface area contributed by atoms with E-state index in [9.17, 15) is 14.1 Å². The maximum absolute atomic E-state index is 13.0. The maximum atomic E-state index is 13.0. The Morgan fingerprint density at radius 2 is 2.23 bits per heavy atom. The summed E-state index contributed by atoms with van der Waals surface area (Å²) < 4.78 is 13.0. The Hall–Kier alpha value is -1.10. The Bertz CT molecular complexity index is 354. The number of carbonyl (C=O) groups excluding carboxylic acids is 1. The number of hydrogen-bond acceptors (Lipinski definition) is 2. The van der Waals surface area contributed by atoms with Crippen LogP contribution in [0.2, 0.25) is 0 Å². The molecule has 0 N–H and O–H groups in total. The summed E-state index contributed by atoms with van der Waals surface area (Å²) in [6, 6.07) is 3.95. The molecule has 1 aromatic carbocycles. The van der Waals surface area contributed by atoms with Crippen LogP contribution in [0.5, 0.6) is 0 Å². The van der Waals surface area contributed by atoms with Crippen molar-refractivity contribution < 1.29 is 9.18 Å². The van der Waals surface area contributed by atoms with E-state index in [-0.39, 0.29) is 16.5 Å². The fourth-order valence-corrected chi connectivity index (χ4v) is 1.51. The van der Waals surface area contributed by atoms with Gasteiger partial charge in [0.2, 0.25) is 0 Å². The number of halogens is 2. The molecule has 0 spiro atoms. The molecule has 0 heterocycles. The molecule has 0 radical (unpaired) electrons. The van der Waals surface area contributed by atoms with Crippen LogP contribution >= 0.6 is 15.9 Å². The van der Waals surface area contributed by atoms with Crippen molar-refractivity contribution >= 4 is 21.8 Å². The minimum absolute atomic E-state index is 0.00637. The summed E-state index contributed by atoms with van der Waals surface area (Å²) in [6.07, 6.45) is 0. The van der Waals surface area contributed by atoms with Crippen molar-refractivity contribution in [3.05, 3.63) is 40.1 Å². The van der Waals surface area contributed by atoms with Crippen molar-refractivity contribution in [3.8, 4) is 0 Å². The molecule has 1 rings (SSSR count). The lowest BCUT2D eigenvalue weighted by atomic mass is 10.1. The summed E-state index contributed by atoms with van der Waals surface area (Å²) in [5.74, 6) is -1.47. The van der Waals surface area contributed by atoms with E-state index in [1.54, 1.807) is 0 Å². The molecular weight excluding hydrogens is 241 g/mol. The van der Waals surface area contributed by atoms with E-state index in [0.29, 0.717) is 0 Å². The molecule has 0 aliphatic rings. The van der Waals surface area contributed by atoms with Crippen LogP contribution in [0.1, 0.15) is 15.9 Å². The highest BCUT2D eigenvalue weighted by Crippen LogP contribution is 2.17. The lowest BCUT2D eigenvalue weighted by Crippen LogP contribution is -2.01. The van der Waals surface area contributed by atoms with E-state index in [0.717, 1.165) is 0 Å². The van der Waals surface area contributed by atoms with Crippen LogP contribution in [-0.4, -0.2) is 5.91 Å². The van der Waals surface area contributed by atoms with E-state index < -0.39 is 11.7 Å². The van der Waals surface area contributed by atoms with Gasteiger partial charge in [-0.25, -0.2) is 4.39 Å². The molecule has 1 amide bonds. The minimum atomic E-state index is -0.950. The van der Waals surface area contributed by atoms with E-state index in [1.165, 1.54) is 18.2 Å². The first-order valence-electron chi connectivity index (χ1n) is 3.41. The quantitative estimate of drug-likeness (QED) is 0.594. The van der Waals surface area contributed by atoms with Gasteiger partial charge in [-0.3, -0.25) is 4.79 Å². The molecule has 0 bridgehead atoms. The Kier molecular flexibility index (Phi) is 3.25. The highest BCUT2D eigenvalue weighted by molar-refractivity contribution is 9.08. The molecule has 1 aromatic rings. The van der Waals surface area contributed by atoms with Crippen molar-refractivity contribution in [1.29, 1.82) is 0 Å². The van der Waals surface area contributed by atoms with Gasteiger partial charge in [0.05, 0.1) is 5.56 Å². The average molecular weight is 246 g/mol. The number of rotatable bonds is 2. The number of hydrogen-bond donors (Lipinski definition) is 0. The van der Waals surface area contributed by atoms with E-state index >= 15 is 0 Å². The maximum Gasteiger partial charge on any atom is 0.317 e. The molecule has 3 nitrogen and oxygen atoms in total. The summed E-state index contributed by atoms with van der Waals surface area (Å²) in [4.78, 5) is 20.8. The van der Waals surface area contributed by atoms with Crippen LogP contribution in [0.25, 0.3) is 0 Å². The third-order valence-electron chi connectivity index (χ3n) is 1.57. The summed E-state index contributed by atoms with van der Waals surface area (Å²) in [5, 5.41) is 2.41. The minimum Gasteiger partial charge on any atom is -0.263 e. The average Bonchev–Trinajstić information content (AvgIpc) is 2.16. The van der Waals surface area contributed by atoms with Gasteiger partial charge < -0.3 is 0 Å². The van der Waals surface area contributed by atoms with Gasteiger partial charge in [0.15, 0.2) is 0 Å². The van der Waals surface area contributed by atoms with Crippen molar-refractivity contribution in [2.45, 2.75) is 5.33 Å². The zero-order chi connectivity index (χ0) is 9.84. The third kappa shape index (κ3) is 1.98. The second-order valence-corrected chi connectivity index (χ2v) is 2.86. The Balaban J connectivity index is 3.27. The fraction of sp³-hybridized carbons (Fsp3) is 0.125. The molecule has 0 aliphatic carbocycles. The lowest BCUT2D eigenvalue weighted by Gasteiger charge is -2.02. The number of alkyl halides is 1. The van der Waals surface area contributed by atoms with Gasteiger partial charge in [-0.1, -0.05) is 22.0 Å². The van der Waals surface area contributed by atoms with Crippen LogP contribution < -0.4 is 0 Å². The van der Waals surface area contributed by atoms with Crippen LogP contribution in [0, 0.1) is 10.7 Å². The molecule has 0 aromatic heterocycles. The first-order valence-corrected chi connectivity index (χ1v) is 4.54. The van der Waals surface area contributed by atoms with E-state index in [2.05, 4.69) is 21.1 Å². The molecular formula is C8H5BrFNO2. The van der Waals surface area contributed by atoms with Crippen molar-refractivity contribution in [1.82, 2.24) is 0 Å². The van der Waals surface area contributed by atoms with Gasteiger partial charge in [-0.15, -0.1) is 4.91 Å². The highest BCUT2D eigenvalue weighted by atomic mass is 79.9. The largest absolute Gasteiger partial charge is 0.317 e. The molecule has 0 saturated heterocycles. The lowest BCUT2D eigenvalue weighted by molar-refractivity contribution is 0.0999. The van der Waals surface area contributed by atoms with Crippen molar-refractivity contribution in [3.63, 3.8) is 0 Å². The number of carbonyl (C=O) groups is 1. The van der Waals surface area contributed by atoms with Crippen LogP contribution in [0.3, 0.4) is 0 Å². The molecule has 0 aliphatic heterocycles. The normalized spacial score (nSPS) is 9.69. The molecule has 13 heavy (non-hydrogen) atoms. The predicted octanol–water partition coefficient (Wildman–Crippen LogP) is 2.63. The van der Waals surface area contributed by atoms with E-state index in [4.69, 9.17) is 0 Å².